The van der Waals surface area contributed by atoms with Crippen LogP contribution in [0, 0.1) is 11.3 Å². The van der Waals surface area contributed by atoms with Gasteiger partial charge in [-0.2, -0.15) is 0 Å². The van der Waals surface area contributed by atoms with Crippen molar-refractivity contribution in [2.24, 2.45) is 11.3 Å². The van der Waals surface area contributed by atoms with Gasteiger partial charge < -0.3 is 0 Å². The van der Waals surface area contributed by atoms with Crippen LogP contribution in [0.15, 0.2) is 0 Å². The summed E-state index contributed by atoms with van der Waals surface area (Å²) >= 11 is 0. The fourth-order valence-corrected chi connectivity index (χ4v) is 2.83. The molecular formula is C12H22N2O. The Kier molecular flexibility index (Phi) is 2.86. The van der Waals surface area contributed by atoms with Gasteiger partial charge in [-0.15, -0.1) is 0 Å². The first-order chi connectivity index (χ1) is 7.00. The smallest absolute Gasteiger partial charge is 0.142 e. The molecule has 2 aliphatic heterocycles. The van der Waals surface area contributed by atoms with E-state index in [2.05, 4.69) is 10.4 Å². The van der Waals surface area contributed by atoms with Crippen LogP contribution in [0.1, 0.15) is 40.0 Å². The van der Waals surface area contributed by atoms with Gasteiger partial charge in [0.25, 0.3) is 0 Å². The highest BCUT2D eigenvalue weighted by atomic mass is 16.1. The van der Waals surface area contributed by atoms with Crippen LogP contribution >= 0.6 is 0 Å². The second-order valence-electron chi connectivity index (χ2n) is 5.82. The lowest BCUT2D eigenvalue weighted by molar-refractivity contribution is -0.134. The SMILES string of the molecule is CC(C)(C)C(=O)C1CCCN2NCCC12. The largest absolute Gasteiger partial charge is 0.299 e. The van der Waals surface area contributed by atoms with Crippen molar-refractivity contribution in [3.8, 4) is 0 Å². The predicted octanol–water partition coefficient (Wildman–Crippen LogP) is 1.59. The van der Waals surface area contributed by atoms with Gasteiger partial charge in [0.1, 0.15) is 5.78 Å². The monoisotopic (exact) mass is 210 g/mol. The number of fused-ring (bicyclic) bond motifs is 1. The Morgan fingerprint density at radius 3 is 2.73 bits per heavy atom. The Bertz CT molecular complexity index is 257. The summed E-state index contributed by atoms with van der Waals surface area (Å²) in [6.45, 7) is 8.27. The minimum absolute atomic E-state index is 0.184. The Balaban J connectivity index is 2.11. The maximum atomic E-state index is 12.3. The highest BCUT2D eigenvalue weighted by molar-refractivity contribution is 5.86. The molecule has 2 fully saturated rings. The zero-order valence-electron chi connectivity index (χ0n) is 10.0. The molecule has 15 heavy (non-hydrogen) atoms. The molecule has 0 aromatic rings. The minimum Gasteiger partial charge on any atom is -0.299 e. The highest BCUT2D eigenvalue weighted by Crippen LogP contribution is 2.33. The summed E-state index contributed by atoms with van der Waals surface area (Å²) in [5, 5.41) is 2.29. The average molecular weight is 210 g/mol. The number of hydrazine groups is 1. The van der Waals surface area contributed by atoms with E-state index in [9.17, 15) is 4.79 Å². The number of hydrogen-bond acceptors (Lipinski definition) is 3. The highest BCUT2D eigenvalue weighted by Gasteiger charge is 2.41. The summed E-state index contributed by atoms with van der Waals surface area (Å²) in [4.78, 5) is 12.3. The number of ketones is 1. The lowest BCUT2D eigenvalue weighted by Gasteiger charge is -2.37. The summed E-state index contributed by atoms with van der Waals surface area (Å²) < 4.78 is 0. The van der Waals surface area contributed by atoms with Gasteiger partial charge >= 0.3 is 0 Å². The number of piperidine rings is 1. The molecule has 2 heterocycles. The Morgan fingerprint density at radius 1 is 1.33 bits per heavy atom. The maximum absolute atomic E-state index is 12.3. The van der Waals surface area contributed by atoms with Gasteiger partial charge in [0.05, 0.1) is 0 Å². The zero-order valence-corrected chi connectivity index (χ0v) is 10.0. The fraction of sp³-hybridized carbons (Fsp3) is 0.917. The number of carbonyl (C=O) groups excluding carboxylic acids is 1. The summed E-state index contributed by atoms with van der Waals surface area (Å²) in [7, 11) is 0. The van der Waals surface area contributed by atoms with Crippen molar-refractivity contribution in [1.29, 1.82) is 0 Å². The van der Waals surface area contributed by atoms with Gasteiger partial charge in [-0.1, -0.05) is 20.8 Å². The van der Waals surface area contributed by atoms with Crippen LogP contribution in [0.2, 0.25) is 0 Å². The molecule has 0 saturated carbocycles. The molecule has 0 aliphatic carbocycles. The third kappa shape index (κ3) is 2.08. The Morgan fingerprint density at radius 2 is 2.07 bits per heavy atom. The number of rotatable bonds is 1. The number of carbonyl (C=O) groups is 1. The maximum Gasteiger partial charge on any atom is 0.142 e. The first kappa shape index (κ1) is 11.1. The molecular weight excluding hydrogens is 188 g/mol. The van der Waals surface area contributed by atoms with Gasteiger partial charge in [0.2, 0.25) is 0 Å². The molecule has 0 aromatic heterocycles. The van der Waals surface area contributed by atoms with Crippen molar-refractivity contribution in [1.82, 2.24) is 10.4 Å². The second-order valence-corrected chi connectivity index (χ2v) is 5.82. The summed E-state index contributed by atoms with van der Waals surface area (Å²) in [5.74, 6) is 0.703. The van der Waals surface area contributed by atoms with Gasteiger partial charge in [0.15, 0.2) is 0 Å². The van der Waals surface area contributed by atoms with Crippen LogP contribution in [0.4, 0.5) is 0 Å². The molecule has 2 unspecified atom stereocenters. The minimum atomic E-state index is -0.184. The summed E-state index contributed by atoms with van der Waals surface area (Å²) in [5.41, 5.74) is 3.19. The van der Waals surface area contributed by atoms with Crippen molar-refractivity contribution in [2.75, 3.05) is 13.1 Å². The van der Waals surface area contributed by atoms with Gasteiger partial charge in [-0.25, -0.2) is 5.01 Å². The van der Waals surface area contributed by atoms with Crippen molar-refractivity contribution >= 4 is 5.78 Å². The molecule has 0 radical (unpaired) electrons. The van der Waals surface area contributed by atoms with Crippen LogP contribution in [-0.4, -0.2) is 29.9 Å². The summed E-state index contributed by atoms with van der Waals surface area (Å²) in [6, 6.07) is 0.463. The molecule has 2 rings (SSSR count). The van der Waals surface area contributed by atoms with E-state index in [0.29, 0.717) is 11.8 Å². The van der Waals surface area contributed by atoms with Gasteiger partial charge in [-0.05, 0) is 19.3 Å². The Labute approximate surface area is 92.2 Å². The molecule has 2 atom stereocenters. The molecule has 0 spiro atoms. The molecule has 86 valence electrons. The van der Waals surface area contributed by atoms with E-state index in [-0.39, 0.29) is 11.3 Å². The number of nitrogens with zero attached hydrogens (tertiary/aromatic N) is 1. The molecule has 3 nitrogen and oxygen atoms in total. The zero-order chi connectivity index (χ0) is 11.1. The van der Waals surface area contributed by atoms with Crippen LogP contribution < -0.4 is 5.43 Å². The quantitative estimate of drug-likeness (QED) is 0.713. The predicted molar refractivity (Wildman–Crippen MR) is 60.3 cm³/mol. The van der Waals surface area contributed by atoms with Crippen LogP contribution in [0.5, 0.6) is 0 Å². The molecule has 0 aromatic carbocycles. The number of hydrogen-bond donors (Lipinski definition) is 1. The second kappa shape index (κ2) is 3.87. The molecule has 1 N–H and O–H groups in total. The molecule has 3 heteroatoms. The fourth-order valence-electron chi connectivity index (χ4n) is 2.83. The topological polar surface area (TPSA) is 32.3 Å². The number of Topliss-reactive ketones (excluding diaryl/α,β-unsaturated/α-hetero) is 1. The third-order valence-corrected chi connectivity index (χ3v) is 3.61. The van der Waals surface area contributed by atoms with Crippen molar-refractivity contribution in [3.05, 3.63) is 0 Å². The van der Waals surface area contributed by atoms with E-state index < -0.39 is 0 Å². The normalized spacial score (nSPS) is 32.7. The third-order valence-electron chi connectivity index (χ3n) is 3.61. The van der Waals surface area contributed by atoms with Crippen LogP contribution in [-0.2, 0) is 4.79 Å². The molecule has 0 bridgehead atoms. The van der Waals surface area contributed by atoms with Crippen molar-refractivity contribution in [2.45, 2.75) is 46.1 Å². The lowest BCUT2D eigenvalue weighted by atomic mass is 9.76. The van der Waals surface area contributed by atoms with E-state index in [4.69, 9.17) is 0 Å². The standard InChI is InChI=1S/C12H22N2O/c1-12(2,3)11(15)9-5-4-8-14-10(9)6-7-13-14/h9-10,13H,4-8H2,1-3H3. The Hall–Kier alpha value is -0.410. The van der Waals surface area contributed by atoms with Gasteiger partial charge in [-0.3, -0.25) is 10.2 Å². The van der Waals surface area contributed by atoms with Crippen LogP contribution in [0.3, 0.4) is 0 Å². The number of nitrogens with one attached hydrogen (secondary N) is 1. The molecule has 0 amide bonds. The average Bonchev–Trinajstić information content (AvgIpc) is 2.62. The van der Waals surface area contributed by atoms with Crippen LogP contribution in [0.25, 0.3) is 0 Å². The molecule has 2 saturated heterocycles. The van der Waals surface area contributed by atoms with Gasteiger partial charge in [0, 0.05) is 30.5 Å². The first-order valence-electron chi connectivity index (χ1n) is 6.04. The van der Waals surface area contributed by atoms with E-state index in [1.807, 2.05) is 20.8 Å². The first-order valence-corrected chi connectivity index (χ1v) is 6.04. The van der Waals surface area contributed by atoms with E-state index in [1.165, 1.54) is 0 Å². The summed E-state index contributed by atoms with van der Waals surface area (Å²) in [6.07, 6.45) is 3.36. The van der Waals surface area contributed by atoms with Crippen molar-refractivity contribution < 1.29 is 4.79 Å². The van der Waals surface area contributed by atoms with E-state index in [0.717, 1.165) is 32.4 Å². The van der Waals surface area contributed by atoms with Crippen molar-refractivity contribution in [3.63, 3.8) is 0 Å². The lowest BCUT2D eigenvalue weighted by Crippen LogP contribution is -2.49. The van der Waals surface area contributed by atoms with E-state index in [1.54, 1.807) is 0 Å². The molecule has 2 aliphatic rings. The van der Waals surface area contributed by atoms with E-state index >= 15 is 0 Å².